The van der Waals surface area contributed by atoms with Crippen molar-refractivity contribution in [1.29, 1.82) is 0 Å². The number of carbonyl (C=O) groups is 1. The Labute approximate surface area is 125 Å². The maximum absolute atomic E-state index is 12.7. The zero-order valence-electron chi connectivity index (χ0n) is 12.3. The van der Waals surface area contributed by atoms with Crippen molar-refractivity contribution in [2.45, 2.75) is 44.0 Å². The first-order chi connectivity index (χ1) is 9.77. The Balaban J connectivity index is 2.00. The number of nitrogens with two attached hydrogens (primary N) is 1. The molecule has 2 unspecified atom stereocenters. The van der Waals surface area contributed by atoms with Gasteiger partial charge < -0.3 is 4.90 Å². The number of likely N-dealkylation sites (tertiary alicyclic amines) is 1. The first kappa shape index (κ1) is 14.5. The molecule has 1 aliphatic carbocycles. The van der Waals surface area contributed by atoms with Crippen LogP contribution in [-0.4, -0.2) is 31.8 Å². The molecule has 1 aromatic rings. The van der Waals surface area contributed by atoms with E-state index in [4.69, 9.17) is 5.14 Å². The maximum Gasteiger partial charge on any atom is 0.254 e. The van der Waals surface area contributed by atoms with Crippen LogP contribution in [0.5, 0.6) is 0 Å². The van der Waals surface area contributed by atoms with Crippen LogP contribution in [-0.2, 0) is 10.0 Å². The van der Waals surface area contributed by atoms with Crippen LogP contribution in [0.3, 0.4) is 0 Å². The number of aryl methyl sites for hydroxylation is 2. The lowest BCUT2D eigenvalue weighted by Gasteiger charge is -2.28. The summed E-state index contributed by atoms with van der Waals surface area (Å²) in [5, 5.41) is 5.24. The summed E-state index contributed by atoms with van der Waals surface area (Å²) in [6, 6.07) is 3.48. The lowest BCUT2D eigenvalue weighted by Crippen LogP contribution is -2.38. The van der Waals surface area contributed by atoms with Crippen LogP contribution in [0.15, 0.2) is 17.0 Å². The average molecular weight is 308 g/mol. The number of piperidine rings is 1. The Morgan fingerprint density at radius 1 is 1.24 bits per heavy atom. The van der Waals surface area contributed by atoms with Gasteiger partial charge in [0.05, 0.1) is 4.90 Å². The van der Waals surface area contributed by atoms with E-state index in [9.17, 15) is 13.2 Å². The minimum atomic E-state index is -3.81. The van der Waals surface area contributed by atoms with Crippen molar-refractivity contribution in [3.63, 3.8) is 0 Å². The molecule has 0 radical (unpaired) electrons. The van der Waals surface area contributed by atoms with Gasteiger partial charge in [-0.05, 0) is 56.2 Å². The molecule has 2 bridgehead atoms. The second-order valence-electron chi connectivity index (χ2n) is 6.27. The third-order valence-corrected chi connectivity index (χ3v) is 5.78. The van der Waals surface area contributed by atoms with Gasteiger partial charge in [0.25, 0.3) is 5.91 Å². The molecule has 1 aromatic carbocycles. The maximum atomic E-state index is 12.7. The first-order valence-electron chi connectivity index (χ1n) is 7.22. The number of sulfonamides is 1. The molecule has 5 nitrogen and oxygen atoms in total. The van der Waals surface area contributed by atoms with E-state index in [0.29, 0.717) is 23.1 Å². The van der Waals surface area contributed by atoms with Crippen molar-refractivity contribution < 1.29 is 13.2 Å². The fourth-order valence-corrected chi connectivity index (χ4v) is 4.49. The predicted octanol–water partition coefficient (Wildman–Crippen LogP) is 1.58. The molecule has 3 rings (SSSR count). The van der Waals surface area contributed by atoms with Crippen LogP contribution >= 0.6 is 0 Å². The molecule has 114 valence electrons. The zero-order chi connectivity index (χ0) is 15.4. The number of nitrogens with zero attached hydrogens (tertiary/aromatic N) is 1. The SMILES string of the molecule is Cc1cc(C)c(S(N)(=O)=O)cc1C(=O)N1CC2CCC1C2. The van der Waals surface area contributed by atoms with E-state index in [1.165, 1.54) is 12.5 Å². The number of hydrogen-bond donors (Lipinski definition) is 1. The summed E-state index contributed by atoms with van der Waals surface area (Å²) >= 11 is 0. The van der Waals surface area contributed by atoms with Crippen LogP contribution in [0.2, 0.25) is 0 Å². The Hall–Kier alpha value is -1.40. The molecule has 1 saturated heterocycles. The van der Waals surface area contributed by atoms with E-state index in [-0.39, 0.29) is 10.8 Å². The van der Waals surface area contributed by atoms with Crippen molar-refractivity contribution in [2.75, 3.05) is 6.54 Å². The summed E-state index contributed by atoms with van der Waals surface area (Å²) < 4.78 is 23.3. The van der Waals surface area contributed by atoms with Crippen molar-refractivity contribution in [3.8, 4) is 0 Å². The predicted molar refractivity (Wildman–Crippen MR) is 79.5 cm³/mol. The van der Waals surface area contributed by atoms with Gasteiger partial charge in [-0.2, -0.15) is 0 Å². The molecule has 1 saturated carbocycles. The highest BCUT2D eigenvalue weighted by atomic mass is 32.2. The number of carbonyl (C=O) groups excluding carboxylic acids is 1. The minimum Gasteiger partial charge on any atom is -0.335 e. The summed E-state index contributed by atoms with van der Waals surface area (Å²) in [5.74, 6) is 0.548. The first-order valence-corrected chi connectivity index (χ1v) is 8.77. The lowest BCUT2D eigenvalue weighted by molar-refractivity contribution is 0.0702. The number of amides is 1. The normalized spacial score (nSPS) is 24.6. The van der Waals surface area contributed by atoms with E-state index >= 15 is 0 Å². The third-order valence-electron chi connectivity index (χ3n) is 4.73. The molecule has 0 spiro atoms. The molecule has 1 amide bonds. The molecule has 2 N–H and O–H groups in total. The van der Waals surface area contributed by atoms with Gasteiger partial charge in [0.2, 0.25) is 10.0 Å². The summed E-state index contributed by atoms with van der Waals surface area (Å²) in [6.45, 7) is 4.32. The van der Waals surface area contributed by atoms with Crippen molar-refractivity contribution in [3.05, 3.63) is 28.8 Å². The van der Waals surface area contributed by atoms with Crippen LogP contribution < -0.4 is 5.14 Å². The molecule has 1 heterocycles. The second kappa shape index (κ2) is 4.81. The Bertz CT molecular complexity index is 712. The molecular formula is C15H20N2O3S. The standard InChI is InChI=1S/C15H20N2O3S/c1-9-5-10(2)14(21(16,19)20)7-13(9)15(18)17-8-11-3-4-12(17)6-11/h5,7,11-12H,3-4,6,8H2,1-2H3,(H2,16,19,20). The molecular weight excluding hydrogens is 288 g/mol. The monoisotopic (exact) mass is 308 g/mol. The average Bonchev–Trinajstić information content (AvgIpc) is 2.98. The van der Waals surface area contributed by atoms with Crippen LogP contribution in [0, 0.1) is 19.8 Å². The highest BCUT2D eigenvalue weighted by molar-refractivity contribution is 7.89. The Morgan fingerprint density at radius 2 is 1.95 bits per heavy atom. The fraction of sp³-hybridized carbons (Fsp3) is 0.533. The van der Waals surface area contributed by atoms with Crippen molar-refractivity contribution >= 4 is 15.9 Å². The second-order valence-corrected chi connectivity index (χ2v) is 7.80. The molecule has 21 heavy (non-hydrogen) atoms. The van der Waals surface area contributed by atoms with Gasteiger partial charge in [0.15, 0.2) is 0 Å². The van der Waals surface area contributed by atoms with Crippen LogP contribution in [0.4, 0.5) is 0 Å². The molecule has 0 aromatic heterocycles. The van der Waals surface area contributed by atoms with Crippen LogP contribution in [0.25, 0.3) is 0 Å². The van der Waals surface area contributed by atoms with Gasteiger partial charge in [-0.25, -0.2) is 13.6 Å². The zero-order valence-corrected chi connectivity index (χ0v) is 13.1. The number of hydrogen-bond acceptors (Lipinski definition) is 3. The molecule has 2 aliphatic rings. The summed E-state index contributed by atoms with van der Waals surface area (Å²) in [6.07, 6.45) is 3.34. The number of fused-ring (bicyclic) bond motifs is 2. The van der Waals surface area contributed by atoms with Crippen molar-refractivity contribution in [2.24, 2.45) is 11.1 Å². The summed E-state index contributed by atoms with van der Waals surface area (Å²) in [4.78, 5) is 14.7. The highest BCUT2D eigenvalue weighted by Gasteiger charge is 2.40. The van der Waals surface area contributed by atoms with E-state index < -0.39 is 10.0 Å². The van der Waals surface area contributed by atoms with E-state index in [2.05, 4.69) is 0 Å². The number of rotatable bonds is 2. The molecule has 1 aliphatic heterocycles. The largest absolute Gasteiger partial charge is 0.335 e. The molecule has 6 heteroatoms. The molecule has 2 atom stereocenters. The minimum absolute atomic E-state index is 0.0424. The summed E-state index contributed by atoms with van der Waals surface area (Å²) in [5.41, 5.74) is 1.83. The van der Waals surface area contributed by atoms with E-state index in [1.54, 1.807) is 13.0 Å². The fourth-order valence-electron chi connectivity index (χ4n) is 3.70. The van der Waals surface area contributed by atoms with Gasteiger partial charge in [-0.3, -0.25) is 4.79 Å². The van der Waals surface area contributed by atoms with Gasteiger partial charge >= 0.3 is 0 Å². The molecule has 2 fully saturated rings. The Morgan fingerprint density at radius 3 is 2.48 bits per heavy atom. The topological polar surface area (TPSA) is 80.5 Å². The van der Waals surface area contributed by atoms with E-state index in [0.717, 1.165) is 24.9 Å². The van der Waals surface area contributed by atoms with Crippen LogP contribution in [0.1, 0.15) is 40.7 Å². The quantitative estimate of drug-likeness (QED) is 0.900. The highest BCUT2D eigenvalue weighted by Crippen LogP contribution is 2.38. The van der Waals surface area contributed by atoms with Gasteiger partial charge in [-0.1, -0.05) is 6.07 Å². The number of benzene rings is 1. The number of primary sulfonamides is 1. The lowest BCUT2D eigenvalue weighted by atomic mass is 10.0. The third kappa shape index (κ3) is 2.46. The van der Waals surface area contributed by atoms with Gasteiger partial charge in [0, 0.05) is 18.2 Å². The smallest absolute Gasteiger partial charge is 0.254 e. The summed E-state index contributed by atoms with van der Waals surface area (Å²) in [7, 11) is -3.81. The van der Waals surface area contributed by atoms with Gasteiger partial charge in [-0.15, -0.1) is 0 Å². The van der Waals surface area contributed by atoms with Crippen molar-refractivity contribution in [1.82, 2.24) is 4.90 Å². The van der Waals surface area contributed by atoms with Gasteiger partial charge in [0.1, 0.15) is 0 Å². The van der Waals surface area contributed by atoms with E-state index in [1.807, 2.05) is 11.8 Å². The Kier molecular flexibility index (Phi) is 3.33.